The molecule has 14 heavy (non-hydrogen) atoms. The number of allylic oxidation sites excluding steroid dienone is 2. The van der Waals surface area contributed by atoms with Crippen LogP contribution >= 0.6 is 11.8 Å². The van der Waals surface area contributed by atoms with Crippen molar-refractivity contribution in [1.82, 2.24) is 0 Å². The Labute approximate surface area is 86.0 Å². The van der Waals surface area contributed by atoms with Crippen LogP contribution in [0.4, 0.5) is 4.39 Å². The number of hydrogen-bond acceptors (Lipinski definition) is 2. The van der Waals surface area contributed by atoms with E-state index in [4.69, 9.17) is 0 Å². The van der Waals surface area contributed by atoms with Crippen molar-refractivity contribution < 1.29 is 9.18 Å². The highest BCUT2D eigenvalue weighted by molar-refractivity contribution is 8.04. The van der Waals surface area contributed by atoms with Crippen LogP contribution in [0.2, 0.25) is 0 Å². The fourth-order valence-corrected chi connectivity index (χ4v) is 2.50. The van der Waals surface area contributed by atoms with Crippen molar-refractivity contribution in [3.8, 4) is 0 Å². The van der Waals surface area contributed by atoms with E-state index in [2.05, 4.69) is 0 Å². The number of halogens is 1. The number of carbonyl (C=O) groups is 1. The third-order valence-corrected chi connectivity index (χ3v) is 3.45. The Morgan fingerprint density at radius 2 is 2.07 bits per heavy atom. The van der Waals surface area contributed by atoms with Crippen LogP contribution in [0.15, 0.2) is 35.2 Å². The summed E-state index contributed by atoms with van der Waals surface area (Å²) >= 11 is 1.54. The van der Waals surface area contributed by atoms with Gasteiger partial charge in [-0.3, -0.25) is 4.79 Å². The average Bonchev–Trinajstić information content (AvgIpc) is 2.67. The highest BCUT2D eigenvalue weighted by Crippen LogP contribution is 2.42. The van der Waals surface area contributed by atoms with Gasteiger partial charge in [0.15, 0.2) is 6.29 Å². The first-order chi connectivity index (χ1) is 6.79. The monoisotopic (exact) mass is 208 g/mol. The predicted octanol–water partition coefficient (Wildman–Crippen LogP) is 3.09. The van der Waals surface area contributed by atoms with Crippen LogP contribution in [-0.4, -0.2) is 6.29 Å². The molecule has 0 saturated heterocycles. The zero-order valence-electron chi connectivity index (χ0n) is 7.44. The molecule has 2 rings (SSSR count). The standard InChI is InChI=1S/C11H9FOS/c12-9-3-1-8(2-4-9)11-6-5-10(7-13)14-11/h1-5,7,11H,6H2. The van der Waals surface area contributed by atoms with Gasteiger partial charge in [0.1, 0.15) is 5.82 Å². The zero-order valence-corrected chi connectivity index (χ0v) is 8.26. The van der Waals surface area contributed by atoms with E-state index in [0.717, 1.165) is 23.2 Å². The van der Waals surface area contributed by atoms with Gasteiger partial charge < -0.3 is 0 Å². The van der Waals surface area contributed by atoms with Gasteiger partial charge in [-0.1, -0.05) is 18.2 Å². The van der Waals surface area contributed by atoms with Crippen molar-refractivity contribution in [2.75, 3.05) is 0 Å². The van der Waals surface area contributed by atoms with E-state index in [0.29, 0.717) is 0 Å². The summed E-state index contributed by atoms with van der Waals surface area (Å²) in [4.78, 5) is 11.3. The van der Waals surface area contributed by atoms with E-state index in [1.165, 1.54) is 12.1 Å². The van der Waals surface area contributed by atoms with Gasteiger partial charge in [0.2, 0.25) is 0 Å². The second-order valence-electron chi connectivity index (χ2n) is 3.12. The molecule has 1 nitrogen and oxygen atoms in total. The second kappa shape index (κ2) is 3.96. The highest BCUT2D eigenvalue weighted by Gasteiger charge is 2.18. The van der Waals surface area contributed by atoms with E-state index >= 15 is 0 Å². The molecule has 1 aromatic rings. The van der Waals surface area contributed by atoms with E-state index in [1.54, 1.807) is 23.9 Å². The first-order valence-corrected chi connectivity index (χ1v) is 5.25. The first kappa shape index (κ1) is 9.46. The van der Waals surface area contributed by atoms with Crippen molar-refractivity contribution in [1.29, 1.82) is 0 Å². The Kier molecular flexibility index (Phi) is 2.68. The molecular weight excluding hydrogens is 199 g/mol. The minimum absolute atomic E-state index is 0.222. The lowest BCUT2D eigenvalue weighted by atomic mass is 10.1. The lowest BCUT2D eigenvalue weighted by Gasteiger charge is -2.08. The van der Waals surface area contributed by atoms with Gasteiger partial charge in [-0.2, -0.15) is 0 Å². The van der Waals surface area contributed by atoms with Crippen LogP contribution in [0.3, 0.4) is 0 Å². The quantitative estimate of drug-likeness (QED) is 0.695. The minimum Gasteiger partial charge on any atom is -0.297 e. The van der Waals surface area contributed by atoms with Crippen LogP contribution in [0, 0.1) is 5.82 Å². The third-order valence-electron chi connectivity index (χ3n) is 2.17. The summed E-state index contributed by atoms with van der Waals surface area (Å²) in [6.45, 7) is 0. The van der Waals surface area contributed by atoms with Gasteiger partial charge in [-0.05, 0) is 24.1 Å². The van der Waals surface area contributed by atoms with E-state index < -0.39 is 0 Å². The molecule has 0 amide bonds. The molecule has 0 spiro atoms. The summed E-state index contributed by atoms with van der Waals surface area (Å²) in [7, 11) is 0. The maximum absolute atomic E-state index is 12.6. The van der Waals surface area contributed by atoms with Crippen LogP contribution < -0.4 is 0 Å². The number of rotatable bonds is 2. The number of aldehydes is 1. The Balaban J connectivity index is 2.12. The van der Waals surface area contributed by atoms with Crippen LogP contribution in [0.1, 0.15) is 17.2 Å². The molecule has 72 valence electrons. The molecular formula is C11H9FOS. The normalized spacial score (nSPS) is 20.6. The largest absolute Gasteiger partial charge is 0.297 e. The van der Waals surface area contributed by atoms with E-state index in [-0.39, 0.29) is 11.1 Å². The lowest BCUT2D eigenvalue weighted by Crippen LogP contribution is -1.88. The number of thioether (sulfide) groups is 1. The molecule has 1 unspecified atom stereocenters. The number of hydrogen-bond donors (Lipinski definition) is 0. The van der Waals surface area contributed by atoms with Gasteiger partial charge in [0.25, 0.3) is 0 Å². The molecule has 0 bridgehead atoms. The smallest absolute Gasteiger partial charge is 0.156 e. The first-order valence-electron chi connectivity index (χ1n) is 4.37. The minimum atomic E-state index is -0.222. The molecule has 0 aliphatic carbocycles. The van der Waals surface area contributed by atoms with Crippen LogP contribution in [0.5, 0.6) is 0 Å². The van der Waals surface area contributed by atoms with Crippen molar-refractivity contribution in [3.05, 3.63) is 46.6 Å². The molecule has 3 heteroatoms. The van der Waals surface area contributed by atoms with Crippen molar-refractivity contribution in [2.45, 2.75) is 11.7 Å². The zero-order chi connectivity index (χ0) is 9.97. The summed E-state index contributed by atoms with van der Waals surface area (Å²) in [5, 5.41) is 0.274. The fraction of sp³-hybridized carbons (Fsp3) is 0.182. The van der Waals surface area contributed by atoms with Crippen molar-refractivity contribution >= 4 is 18.0 Å². The summed E-state index contributed by atoms with van der Waals surface area (Å²) in [6.07, 6.45) is 3.64. The van der Waals surface area contributed by atoms with Gasteiger partial charge >= 0.3 is 0 Å². The van der Waals surface area contributed by atoms with E-state index in [9.17, 15) is 9.18 Å². The SMILES string of the molecule is O=CC1=CCC(c2ccc(F)cc2)S1. The molecule has 0 saturated carbocycles. The third kappa shape index (κ3) is 1.87. The molecule has 0 aromatic heterocycles. The maximum Gasteiger partial charge on any atom is 0.156 e. The Morgan fingerprint density at radius 3 is 2.64 bits per heavy atom. The van der Waals surface area contributed by atoms with Crippen LogP contribution in [-0.2, 0) is 4.79 Å². The average molecular weight is 208 g/mol. The van der Waals surface area contributed by atoms with Gasteiger partial charge in [0.05, 0.1) is 0 Å². The Morgan fingerprint density at radius 1 is 1.36 bits per heavy atom. The number of benzene rings is 1. The topological polar surface area (TPSA) is 17.1 Å². The highest BCUT2D eigenvalue weighted by atomic mass is 32.2. The molecule has 0 N–H and O–H groups in total. The Bertz CT molecular complexity index is 369. The van der Waals surface area contributed by atoms with Crippen molar-refractivity contribution in [2.24, 2.45) is 0 Å². The van der Waals surface area contributed by atoms with E-state index in [1.807, 2.05) is 6.08 Å². The predicted molar refractivity (Wildman–Crippen MR) is 55.5 cm³/mol. The Hall–Kier alpha value is -1.09. The summed E-state index contributed by atoms with van der Waals surface area (Å²) < 4.78 is 12.6. The molecule has 1 aliphatic heterocycles. The number of carbonyl (C=O) groups excluding carboxylic acids is 1. The molecule has 0 fully saturated rings. The summed E-state index contributed by atoms with van der Waals surface area (Å²) in [5.74, 6) is -0.222. The second-order valence-corrected chi connectivity index (χ2v) is 4.39. The van der Waals surface area contributed by atoms with Gasteiger partial charge in [-0.15, -0.1) is 11.8 Å². The van der Waals surface area contributed by atoms with Crippen LogP contribution in [0.25, 0.3) is 0 Å². The fourth-order valence-electron chi connectivity index (χ4n) is 1.44. The maximum atomic E-state index is 12.6. The molecule has 1 aliphatic rings. The molecule has 1 heterocycles. The molecule has 0 radical (unpaired) electrons. The van der Waals surface area contributed by atoms with Crippen molar-refractivity contribution in [3.63, 3.8) is 0 Å². The summed E-state index contributed by atoms with van der Waals surface area (Å²) in [5.41, 5.74) is 1.07. The lowest BCUT2D eigenvalue weighted by molar-refractivity contribution is -0.104. The summed E-state index contributed by atoms with van der Waals surface area (Å²) in [6, 6.07) is 6.45. The van der Waals surface area contributed by atoms with Gasteiger partial charge in [-0.25, -0.2) is 4.39 Å². The molecule has 1 atom stereocenters. The molecule has 1 aromatic carbocycles. The van der Waals surface area contributed by atoms with Gasteiger partial charge in [0, 0.05) is 10.2 Å².